The number of ether oxygens (including phenoxy) is 1. The van der Waals surface area contributed by atoms with Crippen molar-refractivity contribution in [2.24, 2.45) is 0 Å². The molecule has 0 atom stereocenters. The number of benzene rings is 1. The van der Waals surface area contributed by atoms with Crippen molar-refractivity contribution in [2.45, 2.75) is 6.92 Å². The zero-order chi connectivity index (χ0) is 18.6. The van der Waals surface area contributed by atoms with Crippen molar-refractivity contribution in [3.63, 3.8) is 0 Å². The Hall–Kier alpha value is -3.94. The Bertz CT molecular complexity index is 1060. The smallest absolute Gasteiger partial charge is 0.277 e. The monoisotopic (exact) mass is 361 g/mol. The van der Waals surface area contributed by atoms with Gasteiger partial charge in [0.15, 0.2) is 5.69 Å². The number of amides is 1. The van der Waals surface area contributed by atoms with Gasteiger partial charge in [0, 0.05) is 30.2 Å². The highest BCUT2D eigenvalue weighted by atomic mass is 16.5. The average Bonchev–Trinajstić information content (AvgIpc) is 3.35. The normalized spacial score (nSPS) is 10.6. The van der Waals surface area contributed by atoms with Crippen LogP contribution in [0.3, 0.4) is 0 Å². The van der Waals surface area contributed by atoms with Crippen LogP contribution in [0.15, 0.2) is 71.8 Å². The Kier molecular flexibility index (Phi) is 4.36. The molecule has 0 bridgehead atoms. The van der Waals surface area contributed by atoms with E-state index in [9.17, 15) is 4.79 Å². The summed E-state index contributed by atoms with van der Waals surface area (Å²) >= 11 is 0. The Morgan fingerprint density at radius 2 is 1.89 bits per heavy atom. The Balaban J connectivity index is 1.44. The predicted octanol–water partition coefficient (Wildman–Crippen LogP) is 3.61. The first-order valence-electron chi connectivity index (χ1n) is 8.15. The second-order valence-electron chi connectivity index (χ2n) is 5.71. The lowest BCUT2D eigenvalue weighted by atomic mass is 10.3. The summed E-state index contributed by atoms with van der Waals surface area (Å²) < 4.78 is 12.5. The molecule has 0 radical (unpaired) electrons. The highest BCUT2D eigenvalue weighted by Crippen LogP contribution is 2.22. The molecular formula is C19H15N5O3. The summed E-state index contributed by atoms with van der Waals surface area (Å²) in [5.74, 6) is 1.95. The SMILES string of the molecule is Cc1cc(C(=O)Nc2ccc(Oc3cc(-n4cccc4)ncn3)cc2)no1. The summed E-state index contributed by atoms with van der Waals surface area (Å²) in [5, 5.41) is 6.43. The van der Waals surface area contributed by atoms with E-state index >= 15 is 0 Å². The molecule has 0 saturated heterocycles. The fraction of sp³-hybridized carbons (Fsp3) is 0.0526. The molecule has 0 aliphatic carbocycles. The van der Waals surface area contributed by atoms with E-state index in [0.717, 1.165) is 0 Å². The summed E-state index contributed by atoms with van der Waals surface area (Å²) in [4.78, 5) is 20.4. The number of carbonyl (C=O) groups excluding carboxylic acids is 1. The van der Waals surface area contributed by atoms with E-state index in [-0.39, 0.29) is 11.6 Å². The molecule has 0 aliphatic heterocycles. The number of hydrogen-bond donors (Lipinski definition) is 1. The molecule has 8 heteroatoms. The third kappa shape index (κ3) is 3.84. The Morgan fingerprint density at radius 1 is 1.11 bits per heavy atom. The van der Waals surface area contributed by atoms with Gasteiger partial charge in [0.05, 0.1) is 0 Å². The number of nitrogens with one attached hydrogen (secondary N) is 1. The van der Waals surface area contributed by atoms with Crippen LogP contribution in [0.2, 0.25) is 0 Å². The van der Waals surface area contributed by atoms with Gasteiger partial charge < -0.3 is 19.1 Å². The standard InChI is InChI=1S/C19H15N5O3/c1-13-10-16(23-27-13)19(25)22-14-4-6-15(7-5-14)26-18-11-17(20-12-21-18)24-8-2-3-9-24/h2-12H,1H3,(H,22,25). The van der Waals surface area contributed by atoms with Crippen molar-refractivity contribution in [2.75, 3.05) is 5.32 Å². The third-order valence-corrected chi connectivity index (χ3v) is 3.69. The molecule has 0 spiro atoms. The lowest BCUT2D eigenvalue weighted by Gasteiger charge is -2.08. The topological polar surface area (TPSA) is 95.1 Å². The first-order chi connectivity index (χ1) is 13.2. The van der Waals surface area contributed by atoms with E-state index in [1.165, 1.54) is 6.33 Å². The van der Waals surface area contributed by atoms with Gasteiger partial charge in [0.2, 0.25) is 5.88 Å². The van der Waals surface area contributed by atoms with Gasteiger partial charge in [-0.15, -0.1) is 0 Å². The number of hydrogen-bond acceptors (Lipinski definition) is 6. The first-order valence-corrected chi connectivity index (χ1v) is 8.15. The molecule has 3 heterocycles. The van der Waals surface area contributed by atoms with E-state index in [1.807, 2.05) is 29.1 Å². The van der Waals surface area contributed by atoms with Crippen molar-refractivity contribution in [3.8, 4) is 17.4 Å². The summed E-state index contributed by atoms with van der Waals surface area (Å²) in [6.07, 6.45) is 5.22. The maximum atomic E-state index is 12.1. The predicted molar refractivity (Wildman–Crippen MR) is 97.1 cm³/mol. The van der Waals surface area contributed by atoms with Gasteiger partial charge in [-0.05, 0) is 43.3 Å². The molecule has 0 saturated carbocycles. The summed E-state index contributed by atoms with van der Waals surface area (Å²) in [5.41, 5.74) is 0.843. The van der Waals surface area contributed by atoms with Gasteiger partial charge in [0.25, 0.3) is 5.91 Å². The average molecular weight is 361 g/mol. The maximum absolute atomic E-state index is 12.1. The number of aromatic nitrogens is 4. The third-order valence-electron chi connectivity index (χ3n) is 3.69. The number of rotatable bonds is 5. The molecule has 0 aliphatic rings. The van der Waals surface area contributed by atoms with E-state index in [0.29, 0.717) is 28.9 Å². The minimum Gasteiger partial charge on any atom is -0.439 e. The van der Waals surface area contributed by atoms with Crippen LogP contribution in [0.1, 0.15) is 16.2 Å². The van der Waals surface area contributed by atoms with Crippen LogP contribution in [-0.4, -0.2) is 25.6 Å². The molecule has 4 rings (SSSR count). The van der Waals surface area contributed by atoms with Crippen LogP contribution in [0.25, 0.3) is 5.82 Å². The fourth-order valence-electron chi connectivity index (χ4n) is 2.41. The Labute approximate surface area is 154 Å². The number of nitrogens with zero attached hydrogens (tertiary/aromatic N) is 4. The molecule has 0 fully saturated rings. The van der Waals surface area contributed by atoms with Gasteiger partial charge in [-0.3, -0.25) is 4.79 Å². The molecule has 27 heavy (non-hydrogen) atoms. The number of aryl methyl sites for hydroxylation is 1. The summed E-state index contributed by atoms with van der Waals surface area (Å²) in [6, 6.07) is 14.1. The van der Waals surface area contributed by atoms with E-state index < -0.39 is 0 Å². The minimum atomic E-state index is -0.340. The van der Waals surface area contributed by atoms with E-state index in [2.05, 4.69) is 20.4 Å². The van der Waals surface area contributed by atoms with Crippen molar-refractivity contribution in [3.05, 3.63) is 78.7 Å². The largest absolute Gasteiger partial charge is 0.439 e. The molecule has 4 aromatic rings. The summed E-state index contributed by atoms with van der Waals surface area (Å²) in [6.45, 7) is 1.73. The van der Waals surface area contributed by atoms with Crippen molar-refractivity contribution in [1.29, 1.82) is 0 Å². The zero-order valence-corrected chi connectivity index (χ0v) is 14.4. The van der Waals surface area contributed by atoms with Gasteiger partial charge in [-0.25, -0.2) is 9.97 Å². The fourth-order valence-corrected chi connectivity index (χ4v) is 2.41. The molecule has 134 valence electrons. The molecule has 1 N–H and O–H groups in total. The molecular weight excluding hydrogens is 346 g/mol. The number of anilines is 1. The highest BCUT2D eigenvalue weighted by Gasteiger charge is 2.11. The second-order valence-corrected chi connectivity index (χ2v) is 5.71. The molecule has 3 aromatic heterocycles. The van der Waals surface area contributed by atoms with Crippen molar-refractivity contribution < 1.29 is 14.1 Å². The van der Waals surface area contributed by atoms with Gasteiger partial charge in [-0.1, -0.05) is 5.16 Å². The van der Waals surface area contributed by atoms with Crippen molar-refractivity contribution in [1.82, 2.24) is 19.7 Å². The van der Waals surface area contributed by atoms with E-state index in [4.69, 9.17) is 9.26 Å². The lowest BCUT2D eigenvalue weighted by Crippen LogP contribution is -2.11. The van der Waals surface area contributed by atoms with Crippen LogP contribution >= 0.6 is 0 Å². The van der Waals surface area contributed by atoms with Crippen molar-refractivity contribution >= 4 is 11.6 Å². The molecule has 8 nitrogen and oxygen atoms in total. The Morgan fingerprint density at radius 3 is 2.59 bits per heavy atom. The quantitative estimate of drug-likeness (QED) is 0.583. The van der Waals surface area contributed by atoms with Crippen LogP contribution in [0, 0.1) is 6.92 Å². The minimum absolute atomic E-state index is 0.228. The second kappa shape index (κ2) is 7.12. The molecule has 1 aromatic carbocycles. The first kappa shape index (κ1) is 16.5. The number of carbonyl (C=O) groups is 1. The van der Waals surface area contributed by atoms with Crippen LogP contribution in [0.5, 0.6) is 11.6 Å². The van der Waals surface area contributed by atoms with Crippen LogP contribution in [0.4, 0.5) is 5.69 Å². The lowest BCUT2D eigenvalue weighted by molar-refractivity contribution is 0.101. The van der Waals surface area contributed by atoms with Crippen LogP contribution < -0.4 is 10.1 Å². The van der Waals surface area contributed by atoms with Gasteiger partial charge >= 0.3 is 0 Å². The summed E-state index contributed by atoms with van der Waals surface area (Å²) in [7, 11) is 0. The maximum Gasteiger partial charge on any atom is 0.277 e. The molecule has 1 amide bonds. The van der Waals surface area contributed by atoms with E-state index in [1.54, 1.807) is 43.3 Å². The van der Waals surface area contributed by atoms with Crippen LogP contribution in [-0.2, 0) is 0 Å². The molecule has 0 unspecified atom stereocenters. The zero-order valence-electron chi connectivity index (χ0n) is 14.4. The van der Waals surface area contributed by atoms with Gasteiger partial charge in [-0.2, -0.15) is 0 Å². The highest BCUT2D eigenvalue weighted by molar-refractivity contribution is 6.02. The van der Waals surface area contributed by atoms with Gasteiger partial charge in [0.1, 0.15) is 23.7 Å².